The summed E-state index contributed by atoms with van der Waals surface area (Å²) >= 11 is 3.58. The van der Waals surface area contributed by atoms with E-state index in [-0.39, 0.29) is 5.97 Å². The van der Waals surface area contributed by atoms with E-state index in [1.54, 1.807) is 0 Å². The van der Waals surface area contributed by atoms with Crippen molar-refractivity contribution < 1.29 is 9.53 Å². The molecule has 1 aromatic carbocycles. The average Bonchev–Trinajstić information content (AvgIpc) is 2.77. The van der Waals surface area contributed by atoms with Gasteiger partial charge in [-0.25, -0.2) is 0 Å². The van der Waals surface area contributed by atoms with E-state index in [0.29, 0.717) is 18.9 Å². The minimum atomic E-state index is -0.0619. The Morgan fingerprint density at radius 2 is 1.37 bits per heavy atom. The number of hydrogen-bond acceptors (Lipinski definition) is 2. The lowest BCUT2D eigenvalue weighted by molar-refractivity contribution is -0.145. The van der Waals surface area contributed by atoms with E-state index in [4.69, 9.17) is 4.74 Å². The van der Waals surface area contributed by atoms with Crippen LogP contribution in [0.1, 0.15) is 115 Å². The molecule has 30 heavy (non-hydrogen) atoms. The third-order valence-electron chi connectivity index (χ3n) is 5.98. The van der Waals surface area contributed by atoms with Crippen LogP contribution in [-0.2, 0) is 16.1 Å². The van der Waals surface area contributed by atoms with Gasteiger partial charge in [-0.1, -0.05) is 137 Å². The Kier molecular flexibility index (Phi) is 18.2. The van der Waals surface area contributed by atoms with E-state index in [9.17, 15) is 4.79 Å². The summed E-state index contributed by atoms with van der Waals surface area (Å²) in [4.78, 5) is 12.1. The van der Waals surface area contributed by atoms with Crippen molar-refractivity contribution in [3.05, 3.63) is 35.9 Å². The van der Waals surface area contributed by atoms with Crippen molar-refractivity contribution in [3.63, 3.8) is 0 Å². The van der Waals surface area contributed by atoms with E-state index in [0.717, 1.165) is 23.7 Å². The summed E-state index contributed by atoms with van der Waals surface area (Å²) in [7, 11) is 0. The fourth-order valence-corrected chi connectivity index (χ4v) is 4.64. The molecule has 1 aromatic rings. The highest BCUT2D eigenvalue weighted by atomic mass is 79.9. The van der Waals surface area contributed by atoms with E-state index < -0.39 is 0 Å². The van der Waals surface area contributed by atoms with Crippen LogP contribution in [0.3, 0.4) is 0 Å². The van der Waals surface area contributed by atoms with Gasteiger partial charge in [-0.05, 0) is 24.3 Å². The Balaban J connectivity index is 2.00. The van der Waals surface area contributed by atoms with Gasteiger partial charge in [0, 0.05) is 11.8 Å². The highest BCUT2D eigenvalue weighted by molar-refractivity contribution is 9.09. The number of unbranched alkanes of at least 4 members (excludes halogenated alkanes) is 11. The van der Waals surface area contributed by atoms with Gasteiger partial charge in [0.15, 0.2) is 0 Å². The summed E-state index contributed by atoms with van der Waals surface area (Å²) in [6.45, 7) is 2.67. The SMILES string of the molecule is CCCCCCCCCCCCCCC(CCBr)CCC(=O)OCc1ccccc1. The van der Waals surface area contributed by atoms with Crippen molar-refractivity contribution in [2.45, 2.75) is 116 Å². The molecule has 0 saturated heterocycles. The number of carbonyl (C=O) groups is 1. The predicted molar refractivity (Wildman–Crippen MR) is 133 cm³/mol. The van der Waals surface area contributed by atoms with Crippen LogP contribution in [0.25, 0.3) is 0 Å². The molecule has 0 aliphatic carbocycles. The molecule has 0 spiro atoms. The Hall–Kier alpha value is -0.830. The van der Waals surface area contributed by atoms with Gasteiger partial charge < -0.3 is 4.74 Å². The van der Waals surface area contributed by atoms with E-state index in [1.165, 1.54) is 83.5 Å². The number of alkyl halides is 1. The van der Waals surface area contributed by atoms with Gasteiger partial charge in [0.2, 0.25) is 0 Å². The van der Waals surface area contributed by atoms with Crippen LogP contribution in [0.2, 0.25) is 0 Å². The largest absolute Gasteiger partial charge is 0.461 e. The molecule has 0 aromatic heterocycles. The molecule has 0 aliphatic rings. The van der Waals surface area contributed by atoms with Crippen molar-refractivity contribution in [2.24, 2.45) is 5.92 Å². The lowest BCUT2D eigenvalue weighted by atomic mass is 9.93. The van der Waals surface area contributed by atoms with Gasteiger partial charge in [-0.15, -0.1) is 0 Å². The zero-order chi connectivity index (χ0) is 21.7. The first kappa shape index (κ1) is 27.2. The highest BCUT2D eigenvalue weighted by Gasteiger charge is 2.12. The number of esters is 1. The normalized spacial score (nSPS) is 12.1. The molecule has 0 saturated carbocycles. The fraction of sp³-hybridized carbons (Fsp3) is 0.741. The molecule has 2 nitrogen and oxygen atoms in total. The molecule has 1 unspecified atom stereocenters. The van der Waals surface area contributed by atoms with Crippen LogP contribution < -0.4 is 0 Å². The molecule has 0 heterocycles. The minimum absolute atomic E-state index is 0.0619. The lowest BCUT2D eigenvalue weighted by Gasteiger charge is -2.15. The van der Waals surface area contributed by atoms with Crippen molar-refractivity contribution in [2.75, 3.05) is 5.33 Å². The zero-order valence-corrected chi connectivity index (χ0v) is 21.0. The number of rotatable bonds is 20. The first-order valence-corrected chi connectivity index (χ1v) is 13.6. The van der Waals surface area contributed by atoms with Gasteiger partial charge in [0.25, 0.3) is 0 Å². The van der Waals surface area contributed by atoms with Crippen LogP contribution in [0.4, 0.5) is 0 Å². The van der Waals surface area contributed by atoms with E-state index in [1.807, 2.05) is 30.3 Å². The molecule has 0 fully saturated rings. The molecule has 1 atom stereocenters. The standard InChI is InChI=1S/C27H45BrO2/c1-2-3-4-5-6-7-8-9-10-11-12-14-17-25(22-23-28)20-21-27(29)30-24-26-18-15-13-16-19-26/h13,15-16,18-19,25H,2-12,14,17,20-24H2,1H3. The monoisotopic (exact) mass is 480 g/mol. The molecule has 0 amide bonds. The first-order chi connectivity index (χ1) is 14.8. The number of benzene rings is 1. The predicted octanol–water partition coefficient (Wildman–Crippen LogP) is 9.00. The molecule has 3 heteroatoms. The Morgan fingerprint density at radius 3 is 1.93 bits per heavy atom. The van der Waals surface area contributed by atoms with Gasteiger partial charge in [0.1, 0.15) is 6.61 Å². The lowest BCUT2D eigenvalue weighted by Crippen LogP contribution is -2.09. The summed E-state index contributed by atoms with van der Waals surface area (Å²) in [5.41, 5.74) is 1.05. The number of ether oxygens (including phenoxy) is 1. The third kappa shape index (κ3) is 15.9. The molecular weight excluding hydrogens is 436 g/mol. The maximum absolute atomic E-state index is 12.1. The smallest absolute Gasteiger partial charge is 0.306 e. The van der Waals surface area contributed by atoms with Crippen LogP contribution in [-0.4, -0.2) is 11.3 Å². The summed E-state index contributed by atoms with van der Waals surface area (Å²) in [6.07, 6.45) is 20.6. The maximum atomic E-state index is 12.1. The zero-order valence-electron chi connectivity index (χ0n) is 19.4. The summed E-state index contributed by atoms with van der Waals surface area (Å²) in [5.74, 6) is 0.574. The summed E-state index contributed by atoms with van der Waals surface area (Å²) in [6, 6.07) is 9.92. The van der Waals surface area contributed by atoms with Gasteiger partial charge in [0.05, 0.1) is 0 Å². The van der Waals surface area contributed by atoms with Crippen LogP contribution >= 0.6 is 15.9 Å². The second-order valence-corrected chi connectivity index (χ2v) is 9.50. The van der Waals surface area contributed by atoms with Crippen LogP contribution in [0.15, 0.2) is 30.3 Å². The molecule has 0 bridgehead atoms. The molecular formula is C27H45BrO2. The second kappa shape index (κ2) is 20.1. The van der Waals surface area contributed by atoms with Crippen molar-refractivity contribution >= 4 is 21.9 Å². The molecule has 1 rings (SSSR count). The minimum Gasteiger partial charge on any atom is -0.461 e. The number of hydrogen-bond donors (Lipinski definition) is 0. The highest BCUT2D eigenvalue weighted by Crippen LogP contribution is 2.22. The average molecular weight is 482 g/mol. The van der Waals surface area contributed by atoms with Gasteiger partial charge >= 0.3 is 5.97 Å². The molecule has 0 N–H and O–H groups in total. The van der Waals surface area contributed by atoms with Crippen molar-refractivity contribution in [3.8, 4) is 0 Å². The Morgan fingerprint density at radius 1 is 0.800 bits per heavy atom. The summed E-state index contributed by atoms with van der Waals surface area (Å²) < 4.78 is 5.42. The van der Waals surface area contributed by atoms with Crippen LogP contribution in [0, 0.1) is 5.92 Å². The Bertz CT molecular complexity index is 503. The topological polar surface area (TPSA) is 26.3 Å². The summed E-state index contributed by atoms with van der Waals surface area (Å²) in [5, 5.41) is 1.02. The first-order valence-electron chi connectivity index (χ1n) is 12.5. The molecule has 0 aliphatic heterocycles. The number of halogens is 1. The molecule has 0 radical (unpaired) electrons. The van der Waals surface area contributed by atoms with E-state index >= 15 is 0 Å². The third-order valence-corrected chi connectivity index (χ3v) is 6.44. The molecule has 172 valence electrons. The van der Waals surface area contributed by atoms with E-state index in [2.05, 4.69) is 22.9 Å². The Labute approximate surface area is 194 Å². The van der Waals surface area contributed by atoms with Crippen molar-refractivity contribution in [1.82, 2.24) is 0 Å². The number of carbonyl (C=O) groups excluding carboxylic acids is 1. The maximum Gasteiger partial charge on any atom is 0.306 e. The fourth-order valence-electron chi connectivity index (χ4n) is 3.99. The van der Waals surface area contributed by atoms with Crippen LogP contribution in [0.5, 0.6) is 0 Å². The van der Waals surface area contributed by atoms with Crippen molar-refractivity contribution in [1.29, 1.82) is 0 Å². The second-order valence-electron chi connectivity index (χ2n) is 8.71. The quantitative estimate of drug-likeness (QED) is 0.106. The van der Waals surface area contributed by atoms with Gasteiger partial charge in [-0.3, -0.25) is 4.79 Å². The van der Waals surface area contributed by atoms with Gasteiger partial charge in [-0.2, -0.15) is 0 Å².